The molecule has 31 heavy (non-hydrogen) atoms. The summed E-state index contributed by atoms with van der Waals surface area (Å²) in [6.07, 6.45) is 2.42. The summed E-state index contributed by atoms with van der Waals surface area (Å²) in [5.74, 6) is 1.42. The smallest absolute Gasteiger partial charge is 0.223 e. The largest absolute Gasteiger partial charge is 0.493 e. The molecule has 4 rings (SSSR count). The number of hydrogen-bond acceptors (Lipinski definition) is 3. The third kappa shape index (κ3) is 4.26. The zero-order chi connectivity index (χ0) is 21.8. The van der Waals surface area contributed by atoms with Gasteiger partial charge in [-0.2, -0.15) is 0 Å². The molecule has 2 heterocycles. The minimum atomic E-state index is -0.134. The summed E-state index contributed by atoms with van der Waals surface area (Å²) in [6, 6.07) is 14.1. The summed E-state index contributed by atoms with van der Waals surface area (Å²) in [4.78, 5) is 20.4. The molecule has 1 fully saturated rings. The van der Waals surface area contributed by atoms with Crippen molar-refractivity contribution in [3.8, 4) is 11.5 Å². The SMILES string of the molecule is CC[NH+]1CCN(C(=O)C[C@H](c2cccc(OC)c2OC)c2c[nH]c3ccccc23)CC1. The fourth-order valence-electron chi connectivity index (χ4n) is 4.69. The molecule has 6 heteroatoms. The van der Waals surface area contributed by atoms with Crippen molar-refractivity contribution in [2.75, 3.05) is 46.9 Å². The first-order valence-electron chi connectivity index (χ1n) is 11.0. The molecular weight excluding hydrogens is 390 g/mol. The van der Waals surface area contributed by atoms with Crippen molar-refractivity contribution in [1.29, 1.82) is 0 Å². The highest BCUT2D eigenvalue weighted by Crippen LogP contribution is 2.42. The second-order valence-electron chi connectivity index (χ2n) is 8.11. The summed E-state index contributed by atoms with van der Waals surface area (Å²) >= 11 is 0. The van der Waals surface area contributed by atoms with Gasteiger partial charge in [0.2, 0.25) is 5.91 Å². The van der Waals surface area contributed by atoms with Gasteiger partial charge in [0.1, 0.15) is 0 Å². The lowest BCUT2D eigenvalue weighted by Crippen LogP contribution is -3.14. The normalized spacial score (nSPS) is 15.8. The van der Waals surface area contributed by atoms with Gasteiger partial charge in [0.15, 0.2) is 11.5 Å². The van der Waals surface area contributed by atoms with Gasteiger partial charge in [0.25, 0.3) is 0 Å². The molecule has 2 aromatic carbocycles. The summed E-state index contributed by atoms with van der Waals surface area (Å²) < 4.78 is 11.3. The van der Waals surface area contributed by atoms with E-state index in [0.29, 0.717) is 17.9 Å². The fraction of sp³-hybridized carbons (Fsp3) is 0.400. The van der Waals surface area contributed by atoms with Crippen molar-refractivity contribution in [2.45, 2.75) is 19.3 Å². The van der Waals surface area contributed by atoms with E-state index < -0.39 is 0 Å². The van der Waals surface area contributed by atoms with Crippen LogP contribution in [0.5, 0.6) is 11.5 Å². The molecule has 1 aromatic heterocycles. The number of likely N-dealkylation sites (N-methyl/N-ethyl adjacent to an activating group) is 1. The Balaban J connectivity index is 1.71. The standard InChI is InChI=1S/C25H31N3O3/c1-4-27-12-14-28(15-13-27)24(29)16-20(19-9-7-11-23(30-2)25(19)31-3)21-17-26-22-10-6-5-8-18(21)22/h5-11,17,20,26H,4,12-16H2,1-3H3/p+1/t20-/m1/s1. The van der Waals surface area contributed by atoms with Gasteiger partial charge in [-0.05, 0) is 24.6 Å². The summed E-state index contributed by atoms with van der Waals surface area (Å²) in [6.45, 7) is 6.98. The molecule has 1 aliphatic rings. The Morgan fingerprint density at radius 1 is 1.06 bits per heavy atom. The minimum Gasteiger partial charge on any atom is -0.493 e. The van der Waals surface area contributed by atoms with E-state index in [9.17, 15) is 4.79 Å². The number of nitrogens with one attached hydrogen (secondary N) is 2. The van der Waals surface area contributed by atoms with Crippen LogP contribution in [-0.4, -0.2) is 62.7 Å². The average Bonchev–Trinajstić information content (AvgIpc) is 3.25. The number of rotatable bonds is 7. The van der Waals surface area contributed by atoms with Gasteiger partial charge in [-0.1, -0.05) is 30.3 Å². The highest BCUT2D eigenvalue weighted by molar-refractivity contribution is 5.86. The summed E-state index contributed by atoms with van der Waals surface area (Å²) in [7, 11) is 3.30. The molecule has 2 N–H and O–H groups in total. The number of fused-ring (bicyclic) bond motifs is 1. The van der Waals surface area contributed by atoms with E-state index in [1.54, 1.807) is 19.1 Å². The number of methoxy groups -OCH3 is 2. The number of nitrogens with zero attached hydrogens (tertiary/aromatic N) is 1. The molecule has 0 saturated carbocycles. The maximum atomic E-state index is 13.4. The van der Waals surface area contributed by atoms with Gasteiger partial charge in [0, 0.05) is 35.0 Å². The van der Waals surface area contributed by atoms with Gasteiger partial charge < -0.3 is 24.3 Å². The molecule has 0 unspecified atom stereocenters. The van der Waals surface area contributed by atoms with Crippen LogP contribution in [0.1, 0.15) is 30.4 Å². The topological polar surface area (TPSA) is 59.0 Å². The number of aromatic nitrogens is 1. The lowest BCUT2D eigenvalue weighted by molar-refractivity contribution is -0.902. The van der Waals surface area contributed by atoms with Gasteiger partial charge in [0.05, 0.1) is 46.9 Å². The summed E-state index contributed by atoms with van der Waals surface area (Å²) in [5.41, 5.74) is 3.14. The number of piperazine rings is 1. The average molecular weight is 423 g/mol. The second kappa shape index (κ2) is 9.43. The van der Waals surface area contributed by atoms with Gasteiger partial charge in [-0.3, -0.25) is 4.79 Å². The van der Waals surface area contributed by atoms with Crippen LogP contribution in [0.25, 0.3) is 10.9 Å². The Hall–Kier alpha value is -2.99. The van der Waals surface area contributed by atoms with E-state index in [1.165, 1.54) is 0 Å². The van der Waals surface area contributed by atoms with Crippen LogP contribution in [0.15, 0.2) is 48.7 Å². The van der Waals surface area contributed by atoms with Crippen LogP contribution >= 0.6 is 0 Å². The molecular formula is C25H32N3O3+. The van der Waals surface area contributed by atoms with Crippen LogP contribution < -0.4 is 14.4 Å². The van der Waals surface area contributed by atoms with Crippen LogP contribution in [-0.2, 0) is 4.79 Å². The zero-order valence-corrected chi connectivity index (χ0v) is 18.6. The Kier molecular flexibility index (Phi) is 6.47. The lowest BCUT2D eigenvalue weighted by atomic mass is 9.87. The van der Waals surface area contributed by atoms with E-state index in [-0.39, 0.29) is 11.8 Å². The van der Waals surface area contributed by atoms with Crippen LogP contribution in [0, 0.1) is 0 Å². The molecule has 1 atom stereocenters. The number of quaternary nitrogens is 1. The summed E-state index contributed by atoms with van der Waals surface area (Å²) in [5, 5.41) is 1.13. The van der Waals surface area contributed by atoms with Crippen LogP contribution in [0.4, 0.5) is 0 Å². The van der Waals surface area contributed by atoms with E-state index >= 15 is 0 Å². The van der Waals surface area contributed by atoms with Crippen LogP contribution in [0.2, 0.25) is 0 Å². The molecule has 1 amide bonds. The number of carbonyl (C=O) groups is 1. The molecule has 1 saturated heterocycles. The molecule has 0 aliphatic carbocycles. The lowest BCUT2D eigenvalue weighted by Gasteiger charge is -2.32. The van der Waals surface area contributed by atoms with E-state index in [4.69, 9.17) is 9.47 Å². The number of ether oxygens (including phenoxy) is 2. The molecule has 0 radical (unpaired) electrons. The third-order valence-corrected chi connectivity index (χ3v) is 6.51. The highest BCUT2D eigenvalue weighted by Gasteiger charge is 2.29. The maximum Gasteiger partial charge on any atom is 0.223 e. The number of amides is 1. The molecule has 0 bridgehead atoms. The van der Waals surface area contributed by atoms with Crippen molar-refractivity contribution in [2.24, 2.45) is 0 Å². The Morgan fingerprint density at radius 2 is 1.84 bits per heavy atom. The third-order valence-electron chi connectivity index (χ3n) is 6.51. The van der Waals surface area contributed by atoms with Gasteiger partial charge in [-0.15, -0.1) is 0 Å². The van der Waals surface area contributed by atoms with Gasteiger partial charge in [-0.25, -0.2) is 0 Å². The van der Waals surface area contributed by atoms with Crippen molar-refractivity contribution in [1.82, 2.24) is 9.88 Å². The number of benzene rings is 2. The fourth-order valence-corrected chi connectivity index (χ4v) is 4.69. The number of hydrogen-bond donors (Lipinski definition) is 2. The van der Waals surface area contributed by atoms with Gasteiger partial charge >= 0.3 is 0 Å². The second-order valence-corrected chi connectivity index (χ2v) is 8.11. The monoisotopic (exact) mass is 422 g/mol. The van der Waals surface area contributed by atoms with Crippen molar-refractivity contribution >= 4 is 16.8 Å². The Morgan fingerprint density at radius 3 is 2.55 bits per heavy atom. The zero-order valence-electron chi connectivity index (χ0n) is 18.6. The van der Waals surface area contributed by atoms with E-state index in [0.717, 1.165) is 54.8 Å². The molecule has 164 valence electrons. The molecule has 3 aromatic rings. The predicted molar refractivity (Wildman–Crippen MR) is 122 cm³/mol. The number of para-hydroxylation sites is 2. The van der Waals surface area contributed by atoms with Crippen molar-refractivity contribution < 1.29 is 19.2 Å². The van der Waals surface area contributed by atoms with E-state index in [2.05, 4.69) is 24.0 Å². The maximum absolute atomic E-state index is 13.4. The van der Waals surface area contributed by atoms with Crippen molar-refractivity contribution in [3.63, 3.8) is 0 Å². The number of aromatic amines is 1. The van der Waals surface area contributed by atoms with Crippen molar-refractivity contribution in [3.05, 3.63) is 59.8 Å². The minimum absolute atomic E-state index is 0.134. The first-order valence-corrected chi connectivity index (χ1v) is 11.0. The Bertz CT molecular complexity index is 1040. The number of H-pyrrole nitrogens is 1. The molecule has 6 nitrogen and oxygen atoms in total. The molecule has 1 aliphatic heterocycles. The Labute approximate surface area is 183 Å². The predicted octanol–water partition coefficient (Wildman–Crippen LogP) is 2.45. The molecule has 0 spiro atoms. The van der Waals surface area contributed by atoms with Crippen LogP contribution in [0.3, 0.4) is 0 Å². The van der Waals surface area contributed by atoms with E-state index in [1.807, 2.05) is 41.4 Å². The quantitative estimate of drug-likeness (QED) is 0.615. The first-order chi connectivity index (χ1) is 15.2. The highest BCUT2D eigenvalue weighted by atomic mass is 16.5. The first kappa shape index (κ1) is 21.2. The number of carbonyl (C=O) groups excluding carboxylic acids is 1.